The molecule has 25 heavy (non-hydrogen) atoms. The number of allylic oxidation sites excluding steroid dienone is 1. The van der Waals surface area contributed by atoms with Gasteiger partial charge in [-0.1, -0.05) is 38.7 Å². The molecule has 0 aromatic carbocycles. The number of aromatic nitrogens is 1. The number of rotatable bonds is 7. The lowest BCUT2D eigenvalue weighted by molar-refractivity contribution is -0.384. The second-order valence-electron chi connectivity index (χ2n) is 6.14. The molecule has 6 heteroatoms. The molecule has 2 rings (SSSR count). The third-order valence-electron chi connectivity index (χ3n) is 4.31. The van der Waals surface area contributed by atoms with Gasteiger partial charge >= 0.3 is 5.69 Å². The van der Waals surface area contributed by atoms with Gasteiger partial charge in [-0.2, -0.15) is 0 Å². The number of nitro groups is 1. The Morgan fingerprint density at radius 2 is 2.08 bits per heavy atom. The number of pyridine rings is 1. The molecule has 1 aromatic heterocycles. The molecule has 1 aromatic rings. The lowest BCUT2D eigenvalue weighted by Crippen LogP contribution is -2.46. The van der Waals surface area contributed by atoms with Crippen LogP contribution in [0.1, 0.15) is 39.0 Å². The summed E-state index contributed by atoms with van der Waals surface area (Å²) in [6.45, 7) is 9.11. The van der Waals surface area contributed by atoms with Crippen LogP contribution in [0.25, 0.3) is 0 Å². The van der Waals surface area contributed by atoms with Crippen molar-refractivity contribution in [3.8, 4) is 11.8 Å². The van der Waals surface area contributed by atoms with E-state index in [0.717, 1.165) is 31.6 Å². The van der Waals surface area contributed by atoms with Gasteiger partial charge in [-0.15, -0.1) is 0 Å². The summed E-state index contributed by atoms with van der Waals surface area (Å²) in [5, 5.41) is 11.1. The maximum absolute atomic E-state index is 11.1. The van der Waals surface area contributed by atoms with E-state index in [1.807, 2.05) is 4.90 Å². The number of unbranched alkanes of at least 4 members (excludes halogenated alkanes) is 4. The molecule has 0 aliphatic carbocycles. The first-order chi connectivity index (χ1) is 12.1. The van der Waals surface area contributed by atoms with Crippen molar-refractivity contribution in [2.24, 2.45) is 0 Å². The van der Waals surface area contributed by atoms with Crippen molar-refractivity contribution >= 4 is 11.5 Å². The minimum absolute atomic E-state index is 0.0571. The average molecular weight is 342 g/mol. The monoisotopic (exact) mass is 342 g/mol. The summed E-state index contributed by atoms with van der Waals surface area (Å²) in [4.78, 5) is 19.1. The van der Waals surface area contributed by atoms with Crippen LogP contribution in [-0.4, -0.2) is 41.0 Å². The zero-order valence-electron chi connectivity index (χ0n) is 14.9. The first-order valence-electron chi connectivity index (χ1n) is 8.90. The molecule has 1 aliphatic rings. The average Bonchev–Trinajstić information content (AvgIpc) is 2.64. The van der Waals surface area contributed by atoms with Crippen LogP contribution in [0.2, 0.25) is 0 Å². The van der Waals surface area contributed by atoms with Gasteiger partial charge in [0, 0.05) is 44.9 Å². The number of nitrogens with zero attached hydrogens (tertiary/aromatic N) is 4. The van der Waals surface area contributed by atoms with E-state index in [1.54, 1.807) is 12.3 Å². The maximum atomic E-state index is 11.1. The Hall–Kier alpha value is -2.55. The standard InChI is InChI=1S/C19H26N4O2/c1-3-4-5-6-7-8-10-17(2)21-13-15-22(16-14-21)19-18(23(24)25)11-9-12-20-19/h9,11-12H,2-7,13-16H2,1H3. The number of hydrogen-bond acceptors (Lipinski definition) is 5. The normalized spacial score (nSPS) is 14.0. The Balaban J connectivity index is 1.85. The van der Waals surface area contributed by atoms with Crippen molar-refractivity contribution in [2.75, 3.05) is 31.1 Å². The quantitative estimate of drug-likeness (QED) is 0.328. The molecule has 0 saturated carbocycles. The van der Waals surface area contributed by atoms with Crippen LogP contribution in [0, 0.1) is 22.0 Å². The van der Waals surface area contributed by atoms with Crippen LogP contribution < -0.4 is 4.90 Å². The lowest BCUT2D eigenvalue weighted by Gasteiger charge is -2.35. The molecule has 0 atom stereocenters. The predicted molar refractivity (Wildman–Crippen MR) is 100 cm³/mol. The molecule has 2 heterocycles. The van der Waals surface area contributed by atoms with Crippen molar-refractivity contribution in [3.63, 3.8) is 0 Å². The highest BCUT2D eigenvalue weighted by Crippen LogP contribution is 2.26. The van der Waals surface area contributed by atoms with E-state index in [2.05, 4.69) is 35.2 Å². The zero-order chi connectivity index (χ0) is 18.1. The first kappa shape index (κ1) is 18.8. The largest absolute Gasteiger partial charge is 0.362 e. The van der Waals surface area contributed by atoms with Gasteiger partial charge in [0.25, 0.3) is 0 Å². The van der Waals surface area contributed by atoms with Gasteiger partial charge in [-0.25, -0.2) is 4.98 Å². The fraction of sp³-hybridized carbons (Fsp3) is 0.526. The van der Waals surface area contributed by atoms with Crippen LogP contribution >= 0.6 is 0 Å². The van der Waals surface area contributed by atoms with Crippen molar-refractivity contribution in [2.45, 2.75) is 39.0 Å². The molecule has 0 unspecified atom stereocenters. The van der Waals surface area contributed by atoms with Gasteiger partial charge in [0.15, 0.2) is 0 Å². The predicted octanol–water partition coefficient (Wildman–Crippen LogP) is 3.60. The smallest absolute Gasteiger partial charge is 0.311 e. The van der Waals surface area contributed by atoms with E-state index in [4.69, 9.17) is 0 Å². The van der Waals surface area contributed by atoms with Crippen molar-refractivity contribution in [1.82, 2.24) is 9.88 Å². The Bertz CT molecular complexity index is 655. The fourth-order valence-electron chi connectivity index (χ4n) is 2.85. The maximum Gasteiger partial charge on any atom is 0.311 e. The molecule has 0 amide bonds. The third kappa shape index (κ3) is 5.49. The number of anilines is 1. The second kappa shape index (κ2) is 9.67. The van der Waals surface area contributed by atoms with Crippen LogP contribution in [0.15, 0.2) is 30.6 Å². The summed E-state index contributed by atoms with van der Waals surface area (Å²) in [5.74, 6) is 6.80. The molecule has 0 radical (unpaired) electrons. The third-order valence-corrected chi connectivity index (χ3v) is 4.31. The van der Waals surface area contributed by atoms with E-state index >= 15 is 0 Å². The lowest BCUT2D eigenvalue weighted by atomic mass is 10.1. The van der Waals surface area contributed by atoms with Gasteiger partial charge in [-0.05, 0) is 18.4 Å². The zero-order valence-corrected chi connectivity index (χ0v) is 14.9. The SMILES string of the molecule is C=C(C#CCCCCCC)N1CCN(c2ncccc2[N+](=O)[O-])CC1. The molecule has 0 bridgehead atoms. The molecule has 1 aliphatic heterocycles. The Morgan fingerprint density at radius 3 is 2.76 bits per heavy atom. The van der Waals surface area contributed by atoms with Gasteiger partial charge < -0.3 is 9.80 Å². The molecule has 134 valence electrons. The fourth-order valence-corrected chi connectivity index (χ4v) is 2.85. The summed E-state index contributed by atoms with van der Waals surface area (Å²) in [6.07, 6.45) is 7.39. The first-order valence-corrected chi connectivity index (χ1v) is 8.90. The number of piperazine rings is 1. The van der Waals surface area contributed by atoms with Crippen molar-refractivity contribution < 1.29 is 4.92 Å². The Morgan fingerprint density at radius 1 is 1.32 bits per heavy atom. The van der Waals surface area contributed by atoms with Crippen molar-refractivity contribution in [1.29, 1.82) is 0 Å². The molecule has 0 N–H and O–H groups in total. The molecule has 1 fully saturated rings. The Labute approximate surface area is 149 Å². The van der Waals surface area contributed by atoms with E-state index in [0.29, 0.717) is 18.9 Å². The highest BCUT2D eigenvalue weighted by atomic mass is 16.6. The molecule has 1 saturated heterocycles. The van der Waals surface area contributed by atoms with Crippen LogP contribution in [0.3, 0.4) is 0 Å². The Kier molecular flexibility index (Phi) is 7.27. The molecular weight excluding hydrogens is 316 g/mol. The van der Waals surface area contributed by atoms with Crippen LogP contribution in [0.5, 0.6) is 0 Å². The second-order valence-corrected chi connectivity index (χ2v) is 6.14. The van der Waals surface area contributed by atoms with E-state index < -0.39 is 0 Å². The highest BCUT2D eigenvalue weighted by molar-refractivity contribution is 5.57. The minimum atomic E-state index is -0.377. The molecule has 6 nitrogen and oxygen atoms in total. The minimum Gasteiger partial charge on any atom is -0.362 e. The molecular formula is C19H26N4O2. The van der Waals surface area contributed by atoms with Gasteiger partial charge in [0.05, 0.1) is 10.6 Å². The summed E-state index contributed by atoms with van der Waals surface area (Å²) in [7, 11) is 0. The summed E-state index contributed by atoms with van der Waals surface area (Å²) in [5.41, 5.74) is 0.896. The summed E-state index contributed by atoms with van der Waals surface area (Å²) < 4.78 is 0. The van der Waals surface area contributed by atoms with E-state index in [9.17, 15) is 10.1 Å². The van der Waals surface area contributed by atoms with E-state index in [1.165, 1.54) is 25.3 Å². The summed E-state index contributed by atoms with van der Waals surface area (Å²) >= 11 is 0. The van der Waals surface area contributed by atoms with Gasteiger partial charge in [-0.3, -0.25) is 10.1 Å². The van der Waals surface area contributed by atoms with Gasteiger partial charge in [0.1, 0.15) is 0 Å². The van der Waals surface area contributed by atoms with Gasteiger partial charge in [0.2, 0.25) is 5.82 Å². The van der Waals surface area contributed by atoms with E-state index in [-0.39, 0.29) is 10.6 Å². The van der Waals surface area contributed by atoms with Crippen LogP contribution in [-0.2, 0) is 0 Å². The van der Waals surface area contributed by atoms with Crippen LogP contribution in [0.4, 0.5) is 11.5 Å². The molecule has 0 spiro atoms. The van der Waals surface area contributed by atoms with Crippen molar-refractivity contribution in [3.05, 3.63) is 40.7 Å². The highest BCUT2D eigenvalue weighted by Gasteiger charge is 2.24. The number of hydrogen-bond donors (Lipinski definition) is 0. The summed E-state index contributed by atoms with van der Waals surface area (Å²) in [6, 6.07) is 3.09. The topological polar surface area (TPSA) is 62.5 Å².